The van der Waals surface area contributed by atoms with Gasteiger partial charge in [0.05, 0.1) is 22.7 Å². The number of ether oxygens (including phenoxy) is 1. The number of nitrogens with one attached hydrogen (secondary N) is 1. The third-order valence-corrected chi connectivity index (χ3v) is 5.02. The summed E-state index contributed by atoms with van der Waals surface area (Å²) >= 11 is 0. The molecule has 0 radical (unpaired) electrons. The van der Waals surface area contributed by atoms with Crippen LogP contribution in [0.3, 0.4) is 0 Å². The number of rotatable bonds is 2. The quantitative estimate of drug-likeness (QED) is 0.754. The van der Waals surface area contributed by atoms with Crippen LogP contribution in [0.1, 0.15) is 53.6 Å². The highest BCUT2D eigenvalue weighted by Gasteiger charge is 2.34. The Bertz CT molecular complexity index is 1050. The molecule has 1 aliphatic rings. The maximum Gasteiger partial charge on any atom is 0.252 e. The highest BCUT2D eigenvalue weighted by molar-refractivity contribution is 6.06. The van der Waals surface area contributed by atoms with Crippen molar-refractivity contribution in [3.63, 3.8) is 0 Å². The van der Waals surface area contributed by atoms with Crippen LogP contribution in [0.4, 0.5) is 0 Å². The van der Waals surface area contributed by atoms with Crippen LogP contribution in [0.25, 0.3) is 11.0 Å². The van der Waals surface area contributed by atoms with Crippen molar-refractivity contribution in [2.24, 2.45) is 7.05 Å². The van der Waals surface area contributed by atoms with Gasteiger partial charge in [-0.2, -0.15) is 5.10 Å². The van der Waals surface area contributed by atoms with Gasteiger partial charge >= 0.3 is 0 Å². The molecule has 0 bridgehead atoms. The fourth-order valence-corrected chi connectivity index (χ4v) is 3.92. The van der Waals surface area contributed by atoms with E-state index in [2.05, 4.69) is 15.4 Å². The summed E-state index contributed by atoms with van der Waals surface area (Å²) in [5.41, 5.74) is 3.60. The Morgan fingerprint density at radius 3 is 2.81 bits per heavy atom. The van der Waals surface area contributed by atoms with Crippen molar-refractivity contribution < 1.29 is 9.53 Å². The van der Waals surface area contributed by atoms with Crippen molar-refractivity contribution in [2.45, 2.75) is 45.8 Å². The normalized spacial score (nSPS) is 18.0. The van der Waals surface area contributed by atoms with Crippen LogP contribution in [0.15, 0.2) is 30.3 Å². The summed E-state index contributed by atoms with van der Waals surface area (Å²) in [7, 11) is 1.85. The number of fused-ring (bicyclic) bond motifs is 2. The molecule has 4 rings (SSSR count). The van der Waals surface area contributed by atoms with E-state index in [0.29, 0.717) is 12.0 Å². The molecule has 1 aliphatic heterocycles. The van der Waals surface area contributed by atoms with Crippen molar-refractivity contribution in [1.82, 2.24) is 20.1 Å². The number of carbonyl (C=O) groups is 1. The molecule has 0 fully saturated rings. The Kier molecular flexibility index (Phi) is 3.94. The Balaban J connectivity index is 1.74. The molecule has 0 unspecified atom stereocenters. The fourth-order valence-electron chi connectivity index (χ4n) is 3.92. The Morgan fingerprint density at radius 1 is 1.30 bits per heavy atom. The molecule has 140 valence electrons. The molecular weight excluding hydrogens is 340 g/mol. The van der Waals surface area contributed by atoms with Crippen LogP contribution < -0.4 is 10.1 Å². The number of amides is 1. The lowest BCUT2D eigenvalue weighted by atomic mass is 9.89. The van der Waals surface area contributed by atoms with E-state index in [9.17, 15) is 4.79 Å². The maximum atomic E-state index is 13.2. The van der Waals surface area contributed by atoms with Gasteiger partial charge in [-0.15, -0.1) is 0 Å². The summed E-state index contributed by atoms with van der Waals surface area (Å²) in [6.45, 7) is 7.89. The molecule has 0 saturated heterocycles. The molecule has 1 aromatic carbocycles. The number of hydrogen-bond donors (Lipinski definition) is 1. The van der Waals surface area contributed by atoms with Crippen molar-refractivity contribution in [3.05, 3.63) is 52.8 Å². The predicted octanol–water partition coefficient (Wildman–Crippen LogP) is 3.62. The summed E-state index contributed by atoms with van der Waals surface area (Å²) in [5.74, 6) is 0.715. The fraction of sp³-hybridized carbons (Fsp3) is 0.381. The monoisotopic (exact) mass is 364 g/mol. The van der Waals surface area contributed by atoms with E-state index in [0.717, 1.165) is 33.7 Å². The molecule has 27 heavy (non-hydrogen) atoms. The molecule has 1 amide bonds. The van der Waals surface area contributed by atoms with Crippen molar-refractivity contribution in [2.75, 3.05) is 0 Å². The summed E-state index contributed by atoms with van der Waals surface area (Å²) in [4.78, 5) is 17.8. The van der Waals surface area contributed by atoms with Gasteiger partial charge < -0.3 is 10.1 Å². The number of hydrogen-bond acceptors (Lipinski definition) is 4. The zero-order valence-corrected chi connectivity index (χ0v) is 16.3. The lowest BCUT2D eigenvalue weighted by Gasteiger charge is -2.37. The average molecular weight is 364 g/mol. The van der Waals surface area contributed by atoms with Gasteiger partial charge in [0, 0.05) is 24.7 Å². The summed E-state index contributed by atoms with van der Waals surface area (Å²) < 4.78 is 7.80. The summed E-state index contributed by atoms with van der Waals surface area (Å²) in [6.07, 6.45) is 0.703. The van der Waals surface area contributed by atoms with E-state index in [4.69, 9.17) is 4.74 Å². The molecule has 1 atom stereocenters. The number of pyridine rings is 1. The number of nitrogens with zero attached hydrogens (tertiary/aromatic N) is 3. The van der Waals surface area contributed by atoms with Gasteiger partial charge in [0.15, 0.2) is 5.65 Å². The number of carbonyl (C=O) groups excluding carboxylic acids is 1. The minimum Gasteiger partial charge on any atom is -0.487 e. The van der Waals surface area contributed by atoms with Crippen LogP contribution >= 0.6 is 0 Å². The first-order valence-corrected chi connectivity index (χ1v) is 9.15. The minimum atomic E-state index is -0.347. The highest BCUT2D eigenvalue weighted by Crippen LogP contribution is 2.39. The minimum absolute atomic E-state index is 0.112. The summed E-state index contributed by atoms with van der Waals surface area (Å²) in [6, 6.07) is 9.61. The van der Waals surface area contributed by atoms with Crippen LogP contribution in [-0.2, 0) is 7.05 Å². The van der Waals surface area contributed by atoms with E-state index in [-0.39, 0.29) is 17.6 Å². The van der Waals surface area contributed by atoms with Crippen LogP contribution in [0.2, 0.25) is 0 Å². The molecule has 3 heterocycles. The van der Waals surface area contributed by atoms with Crippen LogP contribution in [0, 0.1) is 13.8 Å². The van der Waals surface area contributed by atoms with Gasteiger partial charge in [-0.3, -0.25) is 9.48 Å². The topological polar surface area (TPSA) is 69.0 Å². The number of benzene rings is 1. The molecule has 1 N–H and O–H groups in total. The molecule has 6 nitrogen and oxygen atoms in total. The van der Waals surface area contributed by atoms with E-state index < -0.39 is 0 Å². The van der Waals surface area contributed by atoms with Gasteiger partial charge in [0.1, 0.15) is 11.4 Å². The smallest absolute Gasteiger partial charge is 0.252 e. The molecule has 6 heteroatoms. The number of aromatic nitrogens is 3. The molecule has 0 aliphatic carbocycles. The zero-order chi connectivity index (χ0) is 19.3. The predicted molar refractivity (Wildman–Crippen MR) is 104 cm³/mol. The van der Waals surface area contributed by atoms with Crippen molar-refractivity contribution in [3.8, 4) is 5.75 Å². The van der Waals surface area contributed by atoms with E-state index in [1.54, 1.807) is 4.68 Å². The Morgan fingerprint density at radius 2 is 2.04 bits per heavy atom. The molecule has 3 aromatic rings. The van der Waals surface area contributed by atoms with Crippen LogP contribution in [-0.4, -0.2) is 26.3 Å². The summed E-state index contributed by atoms with van der Waals surface area (Å²) in [5, 5.41) is 8.46. The van der Waals surface area contributed by atoms with Crippen molar-refractivity contribution >= 4 is 16.9 Å². The SMILES string of the molecule is Cc1cc(C(=O)N[C@H]2CC(C)(C)Oc3ccccc32)c2c(C)nn(C)c2n1. The van der Waals surface area contributed by atoms with Gasteiger partial charge in [0.2, 0.25) is 0 Å². The third-order valence-electron chi connectivity index (χ3n) is 5.02. The molecule has 2 aromatic heterocycles. The first-order chi connectivity index (χ1) is 12.7. The lowest BCUT2D eigenvalue weighted by molar-refractivity contribution is 0.0620. The van der Waals surface area contributed by atoms with Gasteiger partial charge in [0.25, 0.3) is 5.91 Å². The van der Waals surface area contributed by atoms with E-state index in [1.165, 1.54) is 0 Å². The first kappa shape index (κ1) is 17.5. The molecular formula is C21H24N4O2. The number of para-hydroxylation sites is 1. The van der Waals surface area contributed by atoms with E-state index in [1.807, 2.05) is 65.1 Å². The standard InChI is InChI=1S/C21H24N4O2/c1-12-10-15(18-13(2)24-25(5)19(18)22-12)20(26)23-16-11-21(3,4)27-17-9-7-6-8-14(16)17/h6-10,16H,11H2,1-5H3,(H,23,26)/t16-/m0/s1. The maximum absolute atomic E-state index is 13.2. The second kappa shape index (κ2) is 6.08. The van der Waals surface area contributed by atoms with E-state index >= 15 is 0 Å². The zero-order valence-electron chi connectivity index (χ0n) is 16.3. The lowest BCUT2D eigenvalue weighted by Crippen LogP contribution is -2.41. The third kappa shape index (κ3) is 3.05. The van der Waals surface area contributed by atoms with Crippen molar-refractivity contribution in [1.29, 1.82) is 0 Å². The largest absolute Gasteiger partial charge is 0.487 e. The van der Waals surface area contributed by atoms with Crippen LogP contribution in [0.5, 0.6) is 5.75 Å². The Labute approximate surface area is 158 Å². The van der Waals surface area contributed by atoms with Gasteiger partial charge in [-0.05, 0) is 39.8 Å². The first-order valence-electron chi connectivity index (χ1n) is 9.15. The molecule has 0 spiro atoms. The second-order valence-corrected chi connectivity index (χ2v) is 7.85. The average Bonchev–Trinajstić information content (AvgIpc) is 2.87. The second-order valence-electron chi connectivity index (χ2n) is 7.85. The van der Waals surface area contributed by atoms with Gasteiger partial charge in [-0.1, -0.05) is 18.2 Å². The number of aryl methyl sites for hydroxylation is 3. The molecule has 0 saturated carbocycles. The Hall–Kier alpha value is -2.89. The van der Waals surface area contributed by atoms with Gasteiger partial charge in [-0.25, -0.2) is 4.98 Å². The highest BCUT2D eigenvalue weighted by atomic mass is 16.5.